The second-order valence-electron chi connectivity index (χ2n) is 11.2. The van der Waals surface area contributed by atoms with Crippen LogP contribution in [-0.2, 0) is 29.7 Å². The normalized spacial score (nSPS) is 13.7. The zero-order chi connectivity index (χ0) is 31.4. The highest BCUT2D eigenvalue weighted by Crippen LogP contribution is 2.43. The summed E-state index contributed by atoms with van der Waals surface area (Å²) in [5.74, 6) is -0.220. The van der Waals surface area contributed by atoms with E-state index < -0.39 is 11.8 Å². The molecular formula is C35H28N8O3. The van der Waals surface area contributed by atoms with Gasteiger partial charge in [-0.3, -0.25) is 14.6 Å². The number of hydrogen-bond donors (Lipinski definition) is 0. The zero-order valence-corrected chi connectivity index (χ0v) is 25.2. The molecule has 1 aliphatic rings. The fraction of sp³-hybridized carbons (Fsp3) is 0.143. The molecular weight excluding hydrogens is 580 g/mol. The second kappa shape index (κ2) is 10.8. The van der Waals surface area contributed by atoms with Gasteiger partial charge in [-0.1, -0.05) is 18.2 Å². The minimum Gasteiger partial charge on any atom is -0.497 e. The van der Waals surface area contributed by atoms with Crippen molar-refractivity contribution in [2.45, 2.75) is 19.5 Å². The summed E-state index contributed by atoms with van der Waals surface area (Å²) in [5.41, 5.74) is 4.89. The fourth-order valence-corrected chi connectivity index (χ4v) is 6.29. The number of imidazole rings is 1. The summed E-state index contributed by atoms with van der Waals surface area (Å²) in [4.78, 5) is 43.7. The van der Waals surface area contributed by atoms with Gasteiger partial charge in [-0.2, -0.15) is 5.10 Å². The molecule has 0 bridgehead atoms. The first-order chi connectivity index (χ1) is 22.5. The van der Waals surface area contributed by atoms with Gasteiger partial charge in [0, 0.05) is 66.8 Å². The molecule has 0 radical (unpaired) electrons. The summed E-state index contributed by atoms with van der Waals surface area (Å²) in [6.07, 6.45) is 10.00. The van der Waals surface area contributed by atoms with Crippen LogP contribution in [0, 0.1) is 0 Å². The highest BCUT2D eigenvalue weighted by atomic mass is 16.5. The van der Waals surface area contributed by atoms with Gasteiger partial charge < -0.3 is 13.9 Å². The predicted molar refractivity (Wildman–Crippen MR) is 175 cm³/mol. The van der Waals surface area contributed by atoms with Gasteiger partial charge in [0.25, 0.3) is 11.8 Å². The van der Waals surface area contributed by atoms with Crippen molar-refractivity contribution in [2.24, 2.45) is 7.05 Å². The Kier molecular flexibility index (Phi) is 6.45. The number of para-hydroxylation sites is 1. The van der Waals surface area contributed by atoms with E-state index in [1.54, 1.807) is 49.7 Å². The van der Waals surface area contributed by atoms with Gasteiger partial charge in [-0.25, -0.2) is 19.5 Å². The average molecular weight is 609 g/mol. The standard InChI is InChI=1S/C35H28N8O3/c1-40-33-25(19-28-27(38-33)10-6-13-37-28)32(39-40)31-30(34(44)43(35(31)45)22-8-4-3-5-9-22)26-20-42(16-7-15-41-17-14-36-21-41)29-12-11-23(46-2)18-24(26)29/h3-6,8-14,17-21H,7,15-16H2,1-2H3. The molecule has 11 nitrogen and oxygen atoms in total. The summed E-state index contributed by atoms with van der Waals surface area (Å²) in [7, 11) is 3.40. The lowest BCUT2D eigenvalue weighted by molar-refractivity contribution is -0.119. The Balaban J connectivity index is 1.36. The van der Waals surface area contributed by atoms with Crippen LogP contribution in [0.5, 0.6) is 5.75 Å². The largest absolute Gasteiger partial charge is 0.497 e. The smallest absolute Gasteiger partial charge is 0.268 e. The van der Waals surface area contributed by atoms with Crippen LogP contribution in [-0.4, -0.2) is 52.8 Å². The minimum absolute atomic E-state index is 0.219. The Morgan fingerprint density at radius 2 is 1.70 bits per heavy atom. The minimum atomic E-state index is -0.448. The maximum Gasteiger partial charge on any atom is 0.268 e. The predicted octanol–water partition coefficient (Wildman–Crippen LogP) is 5.25. The van der Waals surface area contributed by atoms with Crippen molar-refractivity contribution in [2.75, 3.05) is 12.0 Å². The Morgan fingerprint density at radius 1 is 0.848 bits per heavy atom. The number of ether oxygens (including phenoxy) is 1. The van der Waals surface area contributed by atoms with Gasteiger partial charge in [0.2, 0.25) is 0 Å². The van der Waals surface area contributed by atoms with E-state index in [0.717, 1.165) is 23.9 Å². The molecule has 0 N–H and O–H groups in total. The summed E-state index contributed by atoms with van der Waals surface area (Å²) < 4.78 is 11.4. The van der Waals surface area contributed by atoms with E-state index in [-0.39, 0.29) is 11.1 Å². The van der Waals surface area contributed by atoms with Gasteiger partial charge in [0.1, 0.15) is 11.4 Å². The number of benzene rings is 2. The number of carbonyl (C=O) groups is 2. The molecule has 0 aliphatic carbocycles. The lowest BCUT2D eigenvalue weighted by atomic mass is 9.97. The first-order valence-corrected chi connectivity index (χ1v) is 14.9. The number of amides is 2. The van der Waals surface area contributed by atoms with Crippen LogP contribution in [0.1, 0.15) is 17.7 Å². The van der Waals surface area contributed by atoms with Gasteiger partial charge >= 0.3 is 0 Å². The van der Waals surface area contributed by atoms with E-state index in [4.69, 9.17) is 14.8 Å². The Morgan fingerprint density at radius 3 is 2.50 bits per heavy atom. The molecule has 0 spiro atoms. The van der Waals surface area contributed by atoms with Crippen molar-refractivity contribution in [3.63, 3.8) is 0 Å². The Hall–Kier alpha value is -6.10. The maximum absolute atomic E-state index is 14.6. The molecule has 2 amide bonds. The maximum atomic E-state index is 14.6. The number of rotatable bonds is 8. The molecule has 0 fully saturated rings. The van der Waals surface area contributed by atoms with Crippen LogP contribution in [0.2, 0.25) is 0 Å². The number of aromatic nitrogens is 7. The van der Waals surface area contributed by atoms with Gasteiger partial charge in [0.05, 0.1) is 41.3 Å². The van der Waals surface area contributed by atoms with E-state index >= 15 is 0 Å². The number of fused-ring (bicyclic) bond motifs is 3. The molecule has 226 valence electrons. The highest BCUT2D eigenvalue weighted by Gasteiger charge is 2.43. The number of methoxy groups -OCH3 is 1. The SMILES string of the molecule is COc1ccc2c(c1)c(C1=C(c3nn(C)c4nc5cccnc5cc34)C(=O)N(c3ccccc3)C1=O)cn2CCCn1ccnc1. The quantitative estimate of drug-likeness (QED) is 0.217. The van der Waals surface area contributed by atoms with Crippen molar-refractivity contribution in [1.82, 2.24) is 33.9 Å². The summed E-state index contributed by atoms with van der Waals surface area (Å²) >= 11 is 0. The Bertz CT molecular complexity index is 2330. The second-order valence-corrected chi connectivity index (χ2v) is 11.2. The Labute approximate surface area is 263 Å². The number of carbonyl (C=O) groups excluding carboxylic acids is 2. The average Bonchev–Trinajstić information content (AvgIpc) is 3.85. The van der Waals surface area contributed by atoms with Crippen LogP contribution in [0.15, 0.2) is 97.8 Å². The monoisotopic (exact) mass is 608 g/mol. The number of imide groups is 1. The lowest BCUT2D eigenvalue weighted by Gasteiger charge is -2.14. The lowest BCUT2D eigenvalue weighted by Crippen LogP contribution is -2.31. The third-order valence-corrected chi connectivity index (χ3v) is 8.44. The summed E-state index contributed by atoms with van der Waals surface area (Å²) in [5, 5.41) is 6.25. The van der Waals surface area contributed by atoms with E-state index in [1.807, 2.05) is 71.6 Å². The summed E-state index contributed by atoms with van der Waals surface area (Å²) in [6.45, 7) is 1.47. The van der Waals surface area contributed by atoms with E-state index in [9.17, 15) is 9.59 Å². The van der Waals surface area contributed by atoms with Crippen LogP contribution in [0.25, 0.3) is 44.1 Å². The fourth-order valence-electron chi connectivity index (χ4n) is 6.29. The number of anilines is 1. The molecule has 0 unspecified atom stereocenters. The summed E-state index contributed by atoms with van der Waals surface area (Å²) in [6, 6.07) is 20.4. The molecule has 0 atom stereocenters. The first kappa shape index (κ1) is 27.4. The van der Waals surface area contributed by atoms with Crippen LogP contribution >= 0.6 is 0 Å². The molecule has 11 heteroatoms. The van der Waals surface area contributed by atoms with Crippen molar-refractivity contribution in [3.05, 3.63) is 109 Å². The number of aryl methyl sites for hydroxylation is 3. The van der Waals surface area contributed by atoms with E-state index in [0.29, 0.717) is 51.3 Å². The number of nitrogens with zero attached hydrogens (tertiary/aromatic N) is 8. The number of pyridine rings is 2. The molecule has 5 aromatic heterocycles. The molecule has 0 saturated carbocycles. The molecule has 6 heterocycles. The molecule has 0 saturated heterocycles. The molecule has 7 aromatic rings. The third kappa shape index (κ3) is 4.35. The molecule has 1 aliphatic heterocycles. The van der Waals surface area contributed by atoms with Crippen LogP contribution in [0.4, 0.5) is 5.69 Å². The van der Waals surface area contributed by atoms with E-state index in [1.165, 1.54) is 4.90 Å². The topological polar surface area (TPSA) is 113 Å². The van der Waals surface area contributed by atoms with Gasteiger partial charge in [0.15, 0.2) is 5.65 Å². The van der Waals surface area contributed by atoms with Crippen LogP contribution in [0.3, 0.4) is 0 Å². The van der Waals surface area contributed by atoms with E-state index in [2.05, 4.69) is 14.5 Å². The van der Waals surface area contributed by atoms with Gasteiger partial charge in [-0.05, 0) is 55.0 Å². The van der Waals surface area contributed by atoms with Gasteiger partial charge in [-0.15, -0.1) is 0 Å². The zero-order valence-electron chi connectivity index (χ0n) is 25.2. The third-order valence-electron chi connectivity index (χ3n) is 8.44. The van der Waals surface area contributed by atoms with Crippen molar-refractivity contribution in [1.29, 1.82) is 0 Å². The van der Waals surface area contributed by atoms with Crippen molar-refractivity contribution >= 4 is 61.6 Å². The van der Waals surface area contributed by atoms with Crippen LogP contribution < -0.4 is 9.64 Å². The van der Waals surface area contributed by atoms with Crippen molar-refractivity contribution < 1.29 is 14.3 Å². The molecule has 2 aromatic carbocycles. The van der Waals surface area contributed by atoms with Crippen molar-refractivity contribution in [3.8, 4) is 5.75 Å². The number of hydrogen-bond acceptors (Lipinski definition) is 7. The highest BCUT2D eigenvalue weighted by molar-refractivity contribution is 6.58. The molecule has 8 rings (SSSR count). The first-order valence-electron chi connectivity index (χ1n) is 14.9. The molecule has 46 heavy (non-hydrogen) atoms.